The molecule has 1 atom stereocenters. The van der Waals surface area contributed by atoms with Crippen molar-refractivity contribution in [1.29, 1.82) is 0 Å². The van der Waals surface area contributed by atoms with Crippen molar-refractivity contribution in [3.05, 3.63) is 0 Å². The molecule has 1 N–H and O–H groups in total. The highest BCUT2D eigenvalue weighted by Crippen LogP contribution is 2.43. The first-order chi connectivity index (χ1) is 6.93. The van der Waals surface area contributed by atoms with Crippen LogP contribution in [0.1, 0.15) is 39.5 Å². The van der Waals surface area contributed by atoms with Crippen molar-refractivity contribution in [2.75, 3.05) is 20.8 Å². The first-order valence-corrected chi connectivity index (χ1v) is 5.70. The second-order valence-corrected chi connectivity index (χ2v) is 5.27. The Bertz CT molecular complexity index is 199. The maximum Gasteiger partial charge on any atom is 0.0909 e. The van der Waals surface area contributed by atoms with Gasteiger partial charge in [-0.1, -0.05) is 0 Å². The standard InChI is InChI=1S/C12H24O3/c1-11(2,15-4)7-8-12(13,9-14-3)10-5-6-10/h10,13H,5-9H2,1-4H3. The van der Waals surface area contributed by atoms with Crippen molar-refractivity contribution in [1.82, 2.24) is 0 Å². The molecule has 15 heavy (non-hydrogen) atoms. The minimum absolute atomic E-state index is 0.156. The molecule has 0 saturated heterocycles. The van der Waals surface area contributed by atoms with Crippen molar-refractivity contribution in [2.24, 2.45) is 5.92 Å². The summed E-state index contributed by atoms with van der Waals surface area (Å²) in [6.45, 7) is 4.54. The molecule has 0 heterocycles. The molecular formula is C12H24O3. The van der Waals surface area contributed by atoms with Gasteiger partial charge in [-0.05, 0) is 45.4 Å². The third kappa shape index (κ3) is 3.74. The summed E-state index contributed by atoms with van der Waals surface area (Å²) in [4.78, 5) is 0. The molecule has 1 rings (SSSR count). The average Bonchev–Trinajstić information content (AvgIpc) is 2.99. The molecule has 1 aliphatic carbocycles. The van der Waals surface area contributed by atoms with Crippen LogP contribution < -0.4 is 0 Å². The molecule has 3 nitrogen and oxygen atoms in total. The first-order valence-electron chi connectivity index (χ1n) is 5.70. The van der Waals surface area contributed by atoms with Crippen LogP contribution in [0.25, 0.3) is 0 Å². The van der Waals surface area contributed by atoms with Gasteiger partial charge in [-0.3, -0.25) is 0 Å². The van der Waals surface area contributed by atoms with Crippen molar-refractivity contribution in [2.45, 2.75) is 50.7 Å². The van der Waals surface area contributed by atoms with Gasteiger partial charge in [0.25, 0.3) is 0 Å². The van der Waals surface area contributed by atoms with Gasteiger partial charge in [0.1, 0.15) is 0 Å². The molecule has 0 radical (unpaired) electrons. The van der Waals surface area contributed by atoms with Crippen LogP contribution in [-0.4, -0.2) is 37.1 Å². The molecule has 3 heteroatoms. The van der Waals surface area contributed by atoms with Crippen LogP contribution in [0, 0.1) is 5.92 Å². The zero-order chi connectivity index (χ0) is 11.5. The molecular weight excluding hydrogens is 192 g/mol. The number of hydrogen-bond acceptors (Lipinski definition) is 3. The fourth-order valence-corrected chi connectivity index (χ4v) is 1.88. The SMILES string of the molecule is COCC(O)(CCC(C)(C)OC)C1CC1. The van der Waals surface area contributed by atoms with Crippen LogP contribution >= 0.6 is 0 Å². The zero-order valence-corrected chi connectivity index (χ0v) is 10.4. The molecule has 90 valence electrons. The van der Waals surface area contributed by atoms with Crippen LogP contribution in [0.2, 0.25) is 0 Å². The molecule has 1 fully saturated rings. The molecule has 0 aromatic rings. The summed E-state index contributed by atoms with van der Waals surface area (Å²) in [6, 6.07) is 0. The Morgan fingerprint density at radius 1 is 1.20 bits per heavy atom. The molecule has 1 aliphatic rings. The van der Waals surface area contributed by atoms with E-state index in [1.54, 1.807) is 14.2 Å². The third-order valence-corrected chi connectivity index (χ3v) is 3.44. The quantitative estimate of drug-likeness (QED) is 0.707. The van der Waals surface area contributed by atoms with E-state index in [4.69, 9.17) is 9.47 Å². The fraction of sp³-hybridized carbons (Fsp3) is 1.00. The van der Waals surface area contributed by atoms with E-state index in [-0.39, 0.29) is 5.60 Å². The minimum Gasteiger partial charge on any atom is -0.387 e. The number of hydrogen-bond donors (Lipinski definition) is 1. The van der Waals surface area contributed by atoms with E-state index < -0.39 is 5.60 Å². The Morgan fingerprint density at radius 2 is 1.80 bits per heavy atom. The Balaban J connectivity index is 2.44. The molecule has 0 bridgehead atoms. The molecule has 0 amide bonds. The van der Waals surface area contributed by atoms with Crippen molar-refractivity contribution >= 4 is 0 Å². The normalized spacial score (nSPS) is 21.4. The maximum absolute atomic E-state index is 10.4. The van der Waals surface area contributed by atoms with Crippen LogP contribution in [0.4, 0.5) is 0 Å². The van der Waals surface area contributed by atoms with Gasteiger partial charge < -0.3 is 14.6 Å². The maximum atomic E-state index is 10.4. The summed E-state index contributed by atoms with van der Waals surface area (Å²) in [5.41, 5.74) is -0.791. The first kappa shape index (κ1) is 12.9. The van der Waals surface area contributed by atoms with Gasteiger partial charge >= 0.3 is 0 Å². The highest BCUT2D eigenvalue weighted by Gasteiger charge is 2.44. The minimum atomic E-state index is -0.634. The van der Waals surface area contributed by atoms with Crippen LogP contribution in [0.15, 0.2) is 0 Å². The number of methoxy groups -OCH3 is 2. The van der Waals surface area contributed by atoms with Crippen molar-refractivity contribution in [3.63, 3.8) is 0 Å². The molecule has 1 unspecified atom stereocenters. The topological polar surface area (TPSA) is 38.7 Å². The number of aliphatic hydroxyl groups is 1. The predicted octanol–water partition coefficient (Wildman–Crippen LogP) is 1.98. The second kappa shape index (κ2) is 4.81. The molecule has 1 saturated carbocycles. The van der Waals surface area contributed by atoms with E-state index in [9.17, 15) is 5.11 Å². The van der Waals surface area contributed by atoms with Crippen LogP contribution in [0.5, 0.6) is 0 Å². The molecule has 0 aromatic carbocycles. The second-order valence-electron chi connectivity index (χ2n) is 5.27. The lowest BCUT2D eigenvalue weighted by molar-refractivity contribution is -0.0741. The Kier molecular flexibility index (Phi) is 4.15. The number of rotatable bonds is 7. The third-order valence-electron chi connectivity index (χ3n) is 3.44. The Hall–Kier alpha value is -0.120. The summed E-state index contributed by atoms with van der Waals surface area (Å²) in [5.74, 6) is 0.435. The summed E-state index contributed by atoms with van der Waals surface area (Å²) in [6.07, 6.45) is 3.88. The van der Waals surface area contributed by atoms with E-state index in [1.165, 1.54) is 0 Å². The van der Waals surface area contributed by atoms with E-state index in [0.29, 0.717) is 12.5 Å². The van der Waals surface area contributed by atoms with Crippen LogP contribution in [-0.2, 0) is 9.47 Å². The zero-order valence-electron chi connectivity index (χ0n) is 10.4. The Morgan fingerprint density at radius 3 is 2.20 bits per heavy atom. The smallest absolute Gasteiger partial charge is 0.0909 e. The molecule has 0 aromatic heterocycles. The summed E-state index contributed by atoms with van der Waals surface area (Å²) >= 11 is 0. The monoisotopic (exact) mass is 216 g/mol. The van der Waals surface area contributed by atoms with Gasteiger partial charge in [0.2, 0.25) is 0 Å². The molecule has 0 spiro atoms. The number of ether oxygens (including phenoxy) is 2. The van der Waals surface area contributed by atoms with Crippen molar-refractivity contribution < 1.29 is 14.6 Å². The fourth-order valence-electron chi connectivity index (χ4n) is 1.88. The van der Waals surface area contributed by atoms with Crippen LogP contribution in [0.3, 0.4) is 0 Å². The highest BCUT2D eigenvalue weighted by atomic mass is 16.5. The highest BCUT2D eigenvalue weighted by molar-refractivity contribution is 4.95. The molecule has 0 aliphatic heterocycles. The van der Waals surface area contributed by atoms with E-state index in [1.807, 2.05) is 13.8 Å². The Labute approximate surface area is 92.8 Å². The summed E-state index contributed by atoms with van der Waals surface area (Å²) in [5, 5.41) is 10.4. The van der Waals surface area contributed by atoms with Gasteiger partial charge in [0, 0.05) is 14.2 Å². The lowest BCUT2D eigenvalue weighted by Crippen LogP contribution is -2.39. The largest absolute Gasteiger partial charge is 0.387 e. The summed E-state index contributed by atoms with van der Waals surface area (Å²) < 4.78 is 10.5. The van der Waals surface area contributed by atoms with E-state index in [0.717, 1.165) is 25.7 Å². The van der Waals surface area contributed by atoms with E-state index >= 15 is 0 Å². The van der Waals surface area contributed by atoms with Gasteiger partial charge in [-0.15, -0.1) is 0 Å². The predicted molar refractivity (Wildman–Crippen MR) is 59.9 cm³/mol. The van der Waals surface area contributed by atoms with Gasteiger partial charge in [-0.25, -0.2) is 0 Å². The van der Waals surface area contributed by atoms with Crippen molar-refractivity contribution in [3.8, 4) is 0 Å². The van der Waals surface area contributed by atoms with Gasteiger partial charge in [0.15, 0.2) is 0 Å². The van der Waals surface area contributed by atoms with Gasteiger partial charge in [0.05, 0.1) is 17.8 Å². The summed E-state index contributed by atoms with van der Waals surface area (Å²) in [7, 11) is 3.36. The lowest BCUT2D eigenvalue weighted by atomic mass is 9.88. The van der Waals surface area contributed by atoms with Gasteiger partial charge in [-0.2, -0.15) is 0 Å². The van der Waals surface area contributed by atoms with E-state index in [2.05, 4.69) is 0 Å². The average molecular weight is 216 g/mol. The lowest BCUT2D eigenvalue weighted by Gasteiger charge is -2.31.